The van der Waals surface area contributed by atoms with E-state index in [4.69, 9.17) is 5.73 Å². The van der Waals surface area contributed by atoms with Crippen molar-refractivity contribution in [3.8, 4) is 0 Å². The van der Waals surface area contributed by atoms with Crippen molar-refractivity contribution < 1.29 is 4.79 Å². The Bertz CT molecular complexity index is 439. The number of nitrogens with two attached hydrogens (primary N) is 1. The summed E-state index contributed by atoms with van der Waals surface area (Å²) in [4.78, 5) is 12.8. The van der Waals surface area contributed by atoms with Gasteiger partial charge in [-0.1, -0.05) is 6.07 Å². The van der Waals surface area contributed by atoms with Crippen LogP contribution < -0.4 is 16.1 Å². The third-order valence-corrected chi connectivity index (χ3v) is 2.76. The van der Waals surface area contributed by atoms with Gasteiger partial charge in [-0.2, -0.15) is 5.10 Å². The molecule has 1 aromatic rings. The van der Waals surface area contributed by atoms with Gasteiger partial charge in [-0.25, -0.2) is 10.2 Å². The summed E-state index contributed by atoms with van der Waals surface area (Å²) in [7, 11) is 0. The number of nitrogens with zero attached hydrogens (tertiary/aromatic N) is 2. The van der Waals surface area contributed by atoms with E-state index in [2.05, 4.69) is 35.3 Å². The van der Waals surface area contributed by atoms with Crippen LogP contribution in [-0.4, -0.2) is 25.3 Å². The van der Waals surface area contributed by atoms with Crippen molar-refractivity contribution in [1.82, 2.24) is 5.43 Å². The van der Waals surface area contributed by atoms with Crippen molar-refractivity contribution in [2.24, 2.45) is 10.8 Å². The van der Waals surface area contributed by atoms with E-state index in [1.165, 1.54) is 5.69 Å². The summed E-state index contributed by atoms with van der Waals surface area (Å²) in [6.45, 7) is 8.23. The molecule has 0 heterocycles. The van der Waals surface area contributed by atoms with Crippen LogP contribution in [0, 0.1) is 6.92 Å². The van der Waals surface area contributed by atoms with Crippen molar-refractivity contribution in [3.63, 3.8) is 0 Å². The second kappa shape index (κ2) is 6.64. The van der Waals surface area contributed by atoms with Gasteiger partial charge in [0.2, 0.25) is 0 Å². The van der Waals surface area contributed by atoms with E-state index in [1.807, 2.05) is 19.1 Å². The zero-order valence-electron chi connectivity index (χ0n) is 11.1. The maximum absolute atomic E-state index is 10.5. The number of primary amides is 1. The lowest BCUT2D eigenvalue weighted by Crippen LogP contribution is -2.24. The minimum Gasteiger partial charge on any atom is -0.372 e. The van der Waals surface area contributed by atoms with E-state index in [0.717, 1.165) is 24.2 Å². The normalized spacial score (nSPS) is 10.6. The second-order valence-corrected chi connectivity index (χ2v) is 3.95. The lowest BCUT2D eigenvalue weighted by molar-refractivity contribution is 0.249. The Kier molecular flexibility index (Phi) is 5.17. The summed E-state index contributed by atoms with van der Waals surface area (Å²) in [6, 6.07) is 5.48. The number of aryl methyl sites for hydroxylation is 1. The molecule has 0 spiro atoms. The number of nitrogens with one attached hydrogen (secondary N) is 1. The zero-order valence-corrected chi connectivity index (χ0v) is 11.1. The number of carbonyl (C=O) groups is 1. The van der Waals surface area contributed by atoms with E-state index in [0.29, 0.717) is 0 Å². The topological polar surface area (TPSA) is 70.7 Å². The van der Waals surface area contributed by atoms with Crippen LogP contribution in [0.1, 0.15) is 25.0 Å². The molecule has 0 aliphatic rings. The van der Waals surface area contributed by atoms with Crippen LogP contribution in [0.4, 0.5) is 10.5 Å². The molecule has 1 aromatic carbocycles. The van der Waals surface area contributed by atoms with E-state index in [-0.39, 0.29) is 0 Å². The van der Waals surface area contributed by atoms with Gasteiger partial charge < -0.3 is 10.6 Å². The minimum absolute atomic E-state index is 0.663. The van der Waals surface area contributed by atoms with Gasteiger partial charge in [0.25, 0.3) is 0 Å². The first-order valence-electron chi connectivity index (χ1n) is 6.02. The highest BCUT2D eigenvalue weighted by atomic mass is 16.2. The molecular weight excluding hydrogens is 228 g/mol. The molecule has 0 atom stereocenters. The molecule has 0 unspecified atom stereocenters. The molecule has 0 bridgehead atoms. The fourth-order valence-electron chi connectivity index (χ4n) is 1.76. The van der Waals surface area contributed by atoms with Crippen molar-refractivity contribution in [2.45, 2.75) is 20.8 Å². The standard InChI is InChI=1S/C13H20N4O/c1-4-17(5-2)12-7-6-11(10(3)8-12)9-15-16-13(14)18/h6-9H,4-5H2,1-3H3,(H3,14,16,18). The highest BCUT2D eigenvalue weighted by Gasteiger charge is 2.03. The molecule has 0 fully saturated rings. The maximum Gasteiger partial charge on any atom is 0.332 e. The highest BCUT2D eigenvalue weighted by molar-refractivity contribution is 5.84. The van der Waals surface area contributed by atoms with Gasteiger partial charge in [0.1, 0.15) is 0 Å². The Morgan fingerprint density at radius 2 is 2.11 bits per heavy atom. The summed E-state index contributed by atoms with van der Waals surface area (Å²) in [5.74, 6) is 0. The number of hydrogen-bond acceptors (Lipinski definition) is 3. The lowest BCUT2D eigenvalue weighted by Gasteiger charge is -2.21. The number of hydrogen-bond donors (Lipinski definition) is 2. The summed E-state index contributed by atoms with van der Waals surface area (Å²) < 4.78 is 0. The van der Waals surface area contributed by atoms with E-state index in [1.54, 1.807) is 6.21 Å². The molecular formula is C13H20N4O. The molecule has 2 amide bonds. The third-order valence-electron chi connectivity index (χ3n) is 2.76. The molecule has 5 heteroatoms. The largest absolute Gasteiger partial charge is 0.372 e. The number of amides is 2. The highest BCUT2D eigenvalue weighted by Crippen LogP contribution is 2.18. The molecule has 5 nitrogen and oxygen atoms in total. The predicted molar refractivity (Wildman–Crippen MR) is 75.1 cm³/mol. The smallest absolute Gasteiger partial charge is 0.332 e. The molecule has 0 saturated carbocycles. The van der Waals surface area contributed by atoms with Crippen LogP contribution >= 0.6 is 0 Å². The monoisotopic (exact) mass is 248 g/mol. The van der Waals surface area contributed by atoms with Gasteiger partial charge in [-0.15, -0.1) is 0 Å². The molecule has 18 heavy (non-hydrogen) atoms. The number of anilines is 1. The number of benzene rings is 1. The molecule has 0 radical (unpaired) electrons. The summed E-state index contributed by atoms with van der Waals surface area (Å²) in [5, 5.41) is 3.75. The van der Waals surface area contributed by atoms with Crippen LogP contribution in [-0.2, 0) is 0 Å². The number of hydrazone groups is 1. The van der Waals surface area contributed by atoms with Gasteiger partial charge in [-0.05, 0) is 44.0 Å². The van der Waals surface area contributed by atoms with Gasteiger partial charge in [-0.3, -0.25) is 0 Å². The Balaban J connectivity index is 2.85. The van der Waals surface area contributed by atoms with Crippen molar-refractivity contribution >= 4 is 17.9 Å². The van der Waals surface area contributed by atoms with Gasteiger partial charge >= 0.3 is 6.03 Å². The van der Waals surface area contributed by atoms with Crippen molar-refractivity contribution in [2.75, 3.05) is 18.0 Å². The fourth-order valence-corrected chi connectivity index (χ4v) is 1.76. The molecule has 1 rings (SSSR count). The van der Waals surface area contributed by atoms with Crippen LogP contribution in [0.3, 0.4) is 0 Å². The van der Waals surface area contributed by atoms with E-state index in [9.17, 15) is 4.79 Å². The quantitative estimate of drug-likeness (QED) is 0.616. The SMILES string of the molecule is CCN(CC)c1ccc(C=NNC(N)=O)c(C)c1. The van der Waals surface area contributed by atoms with Gasteiger partial charge in [0, 0.05) is 18.8 Å². The van der Waals surface area contributed by atoms with Crippen LogP contribution in [0.5, 0.6) is 0 Å². The van der Waals surface area contributed by atoms with Gasteiger partial charge in [0.15, 0.2) is 0 Å². The molecule has 98 valence electrons. The van der Waals surface area contributed by atoms with Crippen molar-refractivity contribution in [1.29, 1.82) is 0 Å². The van der Waals surface area contributed by atoms with Crippen LogP contribution in [0.2, 0.25) is 0 Å². The van der Waals surface area contributed by atoms with E-state index < -0.39 is 6.03 Å². The average Bonchev–Trinajstić information content (AvgIpc) is 2.33. The first-order chi connectivity index (χ1) is 8.58. The molecule has 0 saturated heterocycles. The van der Waals surface area contributed by atoms with Crippen LogP contribution in [0.15, 0.2) is 23.3 Å². The Morgan fingerprint density at radius 3 is 2.61 bits per heavy atom. The number of urea groups is 1. The average molecular weight is 248 g/mol. The van der Waals surface area contributed by atoms with Gasteiger partial charge in [0.05, 0.1) is 6.21 Å². The van der Waals surface area contributed by atoms with Crippen molar-refractivity contribution in [3.05, 3.63) is 29.3 Å². The second-order valence-electron chi connectivity index (χ2n) is 3.95. The summed E-state index contributed by atoms with van der Waals surface area (Å²) in [5.41, 5.74) is 10.4. The fraction of sp³-hybridized carbons (Fsp3) is 0.385. The summed E-state index contributed by atoms with van der Waals surface area (Å²) in [6.07, 6.45) is 1.59. The third kappa shape index (κ3) is 3.76. The Labute approximate surface area is 108 Å². The minimum atomic E-state index is -0.663. The molecule has 3 N–H and O–H groups in total. The Morgan fingerprint density at radius 1 is 1.44 bits per heavy atom. The molecule has 0 aliphatic carbocycles. The predicted octanol–water partition coefficient (Wildman–Crippen LogP) is 1.84. The number of carbonyl (C=O) groups excluding carboxylic acids is 1. The first kappa shape index (κ1) is 14.0. The summed E-state index contributed by atoms with van der Waals surface area (Å²) >= 11 is 0. The Hall–Kier alpha value is -2.04. The maximum atomic E-state index is 10.5. The number of rotatable bonds is 5. The van der Waals surface area contributed by atoms with E-state index >= 15 is 0 Å². The molecule has 0 aliphatic heterocycles. The lowest BCUT2D eigenvalue weighted by atomic mass is 10.1. The zero-order chi connectivity index (χ0) is 13.5. The molecule has 0 aromatic heterocycles. The first-order valence-corrected chi connectivity index (χ1v) is 6.02. The van der Waals surface area contributed by atoms with Crippen LogP contribution in [0.25, 0.3) is 0 Å².